The smallest absolute Gasteiger partial charge is 0.255 e. The monoisotopic (exact) mass is 277 g/mol. The molecule has 0 atom stereocenters. The van der Waals surface area contributed by atoms with E-state index in [1.165, 1.54) is 0 Å². The van der Waals surface area contributed by atoms with Crippen molar-refractivity contribution >= 4 is 11.6 Å². The van der Waals surface area contributed by atoms with E-state index in [9.17, 15) is 4.79 Å². The second-order valence-corrected chi connectivity index (χ2v) is 5.48. The molecular weight excluding hydrogens is 254 g/mol. The molecular formula is C15H23N3O2. The summed E-state index contributed by atoms with van der Waals surface area (Å²) in [5, 5.41) is 3.32. The molecule has 0 saturated carbocycles. The first-order valence-electron chi connectivity index (χ1n) is 7.23. The quantitative estimate of drug-likeness (QED) is 0.894. The van der Waals surface area contributed by atoms with Crippen molar-refractivity contribution in [3.05, 3.63) is 24.0 Å². The average Bonchev–Trinajstić information content (AvgIpc) is 2.47. The van der Waals surface area contributed by atoms with Gasteiger partial charge in [-0.05, 0) is 18.4 Å². The number of ether oxygens (including phenoxy) is 1. The molecule has 1 aromatic rings. The molecule has 1 saturated heterocycles. The van der Waals surface area contributed by atoms with Crippen LogP contribution >= 0.6 is 0 Å². The number of hydrogen-bond donors (Lipinski definition) is 1. The molecule has 5 nitrogen and oxygen atoms in total. The number of carbonyl (C=O) groups excluding carboxylic acids is 1. The van der Waals surface area contributed by atoms with Crippen molar-refractivity contribution in [3.63, 3.8) is 0 Å². The van der Waals surface area contributed by atoms with Gasteiger partial charge in [0, 0.05) is 32.0 Å². The lowest BCUT2D eigenvalue weighted by atomic mass is 10.1. The highest BCUT2D eigenvalue weighted by Crippen LogP contribution is 2.12. The van der Waals surface area contributed by atoms with Crippen LogP contribution in [0.2, 0.25) is 0 Å². The summed E-state index contributed by atoms with van der Waals surface area (Å²) in [6.45, 7) is 7.83. The van der Waals surface area contributed by atoms with Crippen LogP contribution in [0.5, 0.6) is 0 Å². The maximum absolute atomic E-state index is 12.3. The van der Waals surface area contributed by atoms with E-state index in [-0.39, 0.29) is 5.91 Å². The molecule has 0 bridgehead atoms. The summed E-state index contributed by atoms with van der Waals surface area (Å²) in [6.07, 6.45) is 4.49. The van der Waals surface area contributed by atoms with E-state index in [0.717, 1.165) is 18.7 Å². The molecule has 20 heavy (non-hydrogen) atoms. The molecule has 2 heterocycles. The topological polar surface area (TPSA) is 54.5 Å². The van der Waals surface area contributed by atoms with Crippen molar-refractivity contribution in [1.29, 1.82) is 0 Å². The van der Waals surface area contributed by atoms with Crippen molar-refractivity contribution in [3.8, 4) is 0 Å². The summed E-state index contributed by atoms with van der Waals surface area (Å²) in [7, 11) is 0. The largest absolute Gasteiger partial charge is 0.384 e. The molecule has 110 valence electrons. The number of carbonyl (C=O) groups is 1. The van der Waals surface area contributed by atoms with Gasteiger partial charge in [-0.15, -0.1) is 0 Å². The van der Waals surface area contributed by atoms with Crippen LogP contribution in [0.4, 0.5) is 5.69 Å². The maximum atomic E-state index is 12.3. The third-order valence-electron chi connectivity index (χ3n) is 3.33. The lowest BCUT2D eigenvalue weighted by molar-refractivity contribution is 0.0302. The Morgan fingerprint density at radius 2 is 2.15 bits per heavy atom. The van der Waals surface area contributed by atoms with E-state index in [1.54, 1.807) is 12.4 Å². The zero-order valence-corrected chi connectivity index (χ0v) is 12.3. The number of morpholine rings is 1. The fraction of sp³-hybridized carbons (Fsp3) is 0.600. The third-order valence-corrected chi connectivity index (χ3v) is 3.33. The minimum atomic E-state index is 0.0355. The Morgan fingerprint density at radius 1 is 1.40 bits per heavy atom. The first-order valence-corrected chi connectivity index (χ1v) is 7.23. The van der Waals surface area contributed by atoms with Gasteiger partial charge in [0.25, 0.3) is 5.91 Å². The molecule has 0 unspecified atom stereocenters. The Labute approximate surface area is 120 Å². The number of nitrogens with zero attached hydrogens (tertiary/aromatic N) is 2. The molecule has 0 aliphatic carbocycles. The Morgan fingerprint density at radius 3 is 2.85 bits per heavy atom. The minimum Gasteiger partial charge on any atom is -0.384 e. The van der Waals surface area contributed by atoms with E-state index < -0.39 is 0 Å². The molecule has 2 rings (SSSR count). The molecule has 1 amide bonds. The Hall–Kier alpha value is -1.62. The van der Waals surface area contributed by atoms with Crippen LogP contribution in [-0.4, -0.2) is 48.6 Å². The number of pyridine rings is 1. The number of anilines is 1. The lowest BCUT2D eigenvalue weighted by Gasteiger charge is -2.26. The highest BCUT2D eigenvalue weighted by Gasteiger charge is 2.18. The number of rotatable bonds is 5. The van der Waals surface area contributed by atoms with Crippen LogP contribution in [0.15, 0.2) is 18.5 Å². The first kappa shape index (κ1) is 14.8. The van der Waals surface area contributed by atoms with E-state index in [2.05, 4.69) is 24.1 Å². The van der Waals surface area contributed by atoms with Gasteiger partial charge in [0.05, 0.1) is 24.5 Å². The second kappa shape index (κ2) is 7.24. The van der Waals surface area contributed by atoms with Crippen LogP contribution in [-0.2, 0) is 4.74 Å². The van der Waals surface area contributed by atoms with E-state index >= 15 is 0 Å². The van der Waals surface area contributed by atoms with Crippen LogP contribution in [0.1, 0.15) is 30.6 Å². The molecule has 1 aliphatic rings. The summed E-state index contributed by atoms with van der Waals surface area (Å²) in [6, 6.07) is 1.88. The van der Waals surface area contributed by atoms with Gasteiger partial charge < -0.3 is 15.0 Å². The second-order valence-electron chi connectivity index (χ2n) is 5.48. The summed E-state index contributed by atoms with van der Waals surface area (Å²) < 4.78 is 5.26. The van der Waals surface area contributed by atoms with Gasteiger partial charge in [-0.1, -0.05) is 13.8 Å². The maximum Gasteiger partial charge on any atom is 0.255 e. The molecule has 1 aromatic heterocycles. The van der Waals surface area contributed by atoms with Gasteiger partial charge >= 0.3 is 0 Å². The van der Waals surface area contributed by atoms with Gasteiger partial charge in [0.2, 0.25) is 0 Å². The predicted octanol–water partition coefficient (Wildman–Crippen LogP) is 2.01. The fourth-order valence-corrected chi connectivity index (χ4v) is 2.11. The highest BCUT2D eigenvalue weighted by atomic mass is 16.5. The predicted molar refractivity (Wildman–Crippen MR) is 78.9 cm³/mol. The molecule has 5 heteroatoms. The third kappa shape index (κ3) is 4.20. The van der Waals surface area contributed by atoms with Gasteiger partial charge in [-0.2, -0.15) is 0 Å². The molecule has 0 aromatic carbocycles. The zero-order chi connectivity index (χ0) is 14.4. The van der Waals surface area contributed by atoms with Crippen molar-refractivity contribution in [2.24, 2.45) is 5.92 Å². The molecule has 1 fully saturated rings. The van der Waals surface area contributed by atoms with E-state index in [0.29, 0.717) is 37.8 Å². The van der Waals surface area contributed by atoms with Crippen LogP contribution < -0.4 is 5.32 Å². The van der Waals surface area contributed by atoms with Crippen molar-refractivity contribution in [2.75, 3.05) is 38.2 Å². The lowest BCUT2D eigenvalue weighted by Crippen LogP contribution is -2.40. The van der Waals surface area contributed by atoms with Gasteiger partial charge in [0.1, 0.15) is 0 Å². The van der Waals surface area contributed by atoms with Gasteiger partial charge in [0.15, 0.2) is 0 Å². The number of amides is 1. The number of aromatic nitrogens is 1. The summed E-state index contributed by atoms with van der Waals surface area (Å²) in [5.41, 5.74) is 1.55. The Balaban J connectivity index is 1.95. The van der Waals surface area contributed by atoms with Crippen molar-refractivity contribution < 1.29 is 9.53 Å². The first-order chi connectivity index (χ1) is 9.66. The average molecular weight is 277 g/mol. The number of nitrogens with one attached hydrogen (secondary N) is 1. The SMILES string of the molecule is CC(C)CCNc1cncc(C(=O)N2CCOCC2)c1. The molecule has 1 N–H and O–H groups in total. The fourth-order valence-electron chi connectivity index (χ4n) is 2.11. The van der Waals surface area contributed by atoms with E-state index in [4.69, 9.17) is 4.74 Å². The summed E-state index contributed by atoms with van der Waals surface area (Å²) in [4.78, 5) is 18.3. The van der Waals surface area contributed by atoms with E-state index in [1.807, 2.05) is 11.0 Å². The zero-order valence-electron chi connectivity index (χ0n) is 12.3. The normalized spacial score (nSPS) is 15.4. The highest BCUT2D eigenvalue weighted by molar-refractivity contribution is 5.94. The number of hydrogen-bond acceptors (Lipinski definition) is 4. The Kier molecular flexibility index (Phi) is 5.35. The summed E-state index contributed by atoms with van der Waals surface area (Å²) in [5.74, 6) is 0.696. The van der Waals surface area contributed by atoms with Crippen LogP contribution in [0.3, 0.4) is 0 Å². The van der Waals surface area contributed by atoms with Crippen molar-refractivity contribution in [1.82, 2.24) is 9.88 Å². The van der Waals surface area contributed by atoms with Gasteiger partial charge in [-0.3, -0.25) is 9.78 Å². The Bertz CT molecular complexity index is 442. The summed E-state index contributed by atoms with van der Waals surface area (Å²) >= 11 is 0. The minimum absolute atomic E-state index is 0.0355. The van der Waals surface area contributed by atoms with Gasteiger partial charge in [-0.25, -0.2) is 0 Å². The molecule has 1 aliphatic heterocycles. The molecule has 0 spiro atoms. The molecule has 0 radical (unpaired) electrons. The van der Waals surface area contributed by atoms with Crippen LogP contribution in [0.25, 0.3) is 0 Å². The van der Waals surface area contributed by atoms with Crippen LogP contribution in [0, 0.1) is 5.92 Å². The van der Waals surface area contributed by atoms with Crippen molar-refractivity contribution in [2.45, 2.75) is 20.3 Å². The standard InChI is InChI=1S/C15H23N3O2/c1-12(2)3-4-17-14-9-13(10-16-11-14)15(19)18-5-7-20-8-6-18/h9-12,17H,3-8H2,1-2H3.